The number of hydrogen-bond acceptors (Lipinski definition) is 1. The summed E-state index contributed by atoms with van der Waals surface area (Å²) >= 11 is 0. The van der Waals surface area contributed by atoms with Crippen molar-refractivity contribution in [2.45, 2.75) is 39.0 Å². The zero-order valence-electron chi connectivity index (χ0n) is 11.7. The summed E-state index contributed by atoms with van der Waals surface area (Å²) in [5.74, 6) is 1.62. The summed E-state index contributed by atoms with van der Waals surface area (Å²) < 4.78 is 25.6. The van der Waals surface area contributed by atoms with Gasteiger partial charge in [0.1, 0.15) is 0 Å². The SMILES string of the molecule is CC(C)CC1CNCCC1c1cccc(C(F)F)c1. The van der Waals surface area contributed by atoms with Crippen molar-refractivity contribution in [2.75, 3.05) is 13.1 Å². The van der Waals surface area contributed by atoms with E-state index >= 15 is 0 Å². The second-order valence-corrected chi connectivity index (χ2v) is 5.96. The minimum Gasteiger partial charge on any atom is -0.316 e. The molecule has 0 aromatic heterocycles. The first-order valence-corrected chi connectivity index (χ1v) is 7.16. The second-order valence-electron chi connectivity index (χ2n) is 5.96. The number of rotatable bonds is 4. The molecule has 1 fully saturated rings. The van der Waals surface area contributed by atoms with Gasteiger partial charge in [-0.05, 0) is 55.3 Å². The van der Waals surface area contributed by atoms with Gasteiger partial charge in [-0.1, -0.05) is 32.0 Å². The van der Waals surface area contributed by atoms with Gasteiger partial charge in [0.05, 0.1) is 0 Å². The fourth-order valence-electron chi connectivity index (χ4n) is 3.14. The molecule has 19 heavy (non-hydrogen) atoms. The van der Waals surface area contributed by atoms with Gasteiger partial charge in [-0.25, -0.2) is 8.78 Å². The average molecular weight is 267 g/mol. The molecule has 0 saturated carbocycles. The second kappa shape index (κ2) is 6.47. The van der Waals surface area contributed by atoms with Gasteiger partial charge in [0.2, 0.25) is 0 Å². The van der Waals surface area contributed by atoms with Crippen LogP contribution in [0.15, 0.2) is 24.3 Å². The maximum absolute atomic E-state index is 12.8. The summed E-state index contributed by atoms with van der Waals surface area (Å²) in [5.41, 5.74) is 1.24. The molecular weight excluding hydrogens is 244 g/mol. The first-order chi connectivity index (χ1) is 9.08. The molecule has 2 unspecified atom stereocenters. The van der Waals surface area contributed by atoms with Crippen molar-refractivity contribution in [3.8, 4) is 0 Å². The number of halogens is 2. The van der Waals surface area contributed by atoms with Gasteiger partial charge in [0.25, 0.3) is 6.43 Å². The Morgan fingerprint density at radius 2 is 2.11 bits per heavy atom. The molecule has 0 amide bonds. The Bertz CT molecular complexity index is 403. The molecule has 1 aliphatic heterocycles. The van der Waals surface area contributed by atoms with E-state index in [1.165, 1.54) is 6.07 Å². The molecule has 0 aliphatic carbocycles. The highest BCUT2D eigenvalue weighted by atomic mass is 19.3. The fourth-order valence-corrected chi connectivity index (χ4v) is 3.14. The van der Waals surface area contributed by atoms with Crippen LogP contribution in [0.5, 0.6) is 0 Å². The molecule has 0 spiro atoms. The fraction of sp³-hybridized carbons (Fsp3) is 0.625. The van der Waals surface area contributed by atoms with E-state index in [0.717, 1.165) is 31.5 Å². The lowest BCUT2D eigenvalue weighted by Crippen LogP contribution is -2.36. The molecule has 1 heterocycles. The molecule has 2 rings (SSSR count). The first kappa shape index (κ1) is 14.4. The number of benzene rings is 1. The molecule has 3 heteroatoms. The van der Waals surface area contributed by atoms with Crippen LogP contribution in [-0.2, 0) is 0 Å². The topological polar surface area (TPSA) is 12.0 Å². The highest BCUT2D eigenvalue weighted by Crippen LogP contribution is 2.35. The Hall–Kier alpha value is -0.960. The van der Waals surface area contributed by atoms with Crippen molar-refractivity contribution >= 4 is 0 Å². The van der Waals surface area contributed by atoms with Crippen LogP contribution in [0, 0.1) is 11.8 Å². The van der Waals surface area contributed by atoms with Crippen LogP contribution in [0.3, 0.4) is 0 Å². The minimum atomic E-state index is -2.37. The van der Waals surface area contributed by atoms with Gasteiger partial charge >= 0.3 is 0 Å². The highest BCUT2D eigenvalue weighted by Gasteiger charge is 2.27. The molecule has 1 aliphatic rings. The van der Waals surface area contributed by atoms with Gasteiger partial charge < -0.3 is 5.32 Å². The summed E-state index contributed by atoms with van der Waals surface area (Å²) in [5, 5.41) is 3.43. The van der Waals surface area contributed by atoms with Crippen LogP contribution in [0.2, 0.25) is 0 Å². The number of alkyl halides is 2. The van der Waals surface area contributed by atoms with E-state index in [9.17, 15) is 8.78 Å². The number of nitrogens with one attached hydrogen (secondary N) is 1. The predicted octanol–water partition coefficient (Wildman–Crippen LogP) is 4.36. The number of piperidine rings is 1. The molecule has 2 atom stereocenters. The van der Waals surface area contributed by atoms with Gasteiger partial charge in [-0.3, -0.25) is 0 Å². The predicted molar refractivity (Wildman–Crippen MR) is 74.6 cm³/mol. The van der Waals surface area contributed by atoms with E-state index in [-0.39, 0.29) is 5.56 Å². The Balaban J connectivity index is 2.19. The van der Waals surface area contributed by atoms with E-state index in [4.69, 9.17) is 0 Å². The third-order valence-electron chi connectivity index (χ3n) is 3.97. The van der Waals surface area contributed by atoms with Crippen LogP contribution in [0.25, 0.3) is 0 Å². The molecule has 0 bridgehead atoms. The van der Waals surface area contributed by atoms with Crippen molar-refractivity contribution in [2.24, 2.45) is 11.8 Å². The van der Waals surface area contributed by atoms with Crippen molar-refractivity contribution in [1.82, 2.24) is 5.32 Å². The Morgan fingerprint density at radius 3 is 2.79 bits per heavy atom. The van der Waals surface area contributed by atoms with Crippen LogP contribution in [0.4, 0.5) is 8.78 Å². The van der Waals surface area contributed by atoms with Crippen LogP contribution in [-0.4, -0.2) is 13.1 Å². The van der Waals surface area contributed by atoms with E-state index in [0.29, 0.717) is 17.8 Å². The van der Waals surface area contributed by atoms with E-state index in [1.54, 1.807) is 12.1 Å². The Morgan fingerprint density at radius 1 is 1.32 bits per heavy atom. The third kappa shape index (κ3) is 3.75. The molecule has 106 valence electrons. The molecule has 1 N–H and O–H groups in total. The van der Waals surface area contributed by atoms with Gasteiger partial charge in [0, 0.05) is 5.56 Å². The van der Waals surface area contributed by atoms with Gasteiger partial charge in [0.15, 0.2) is 0 Å². The van der Waals surface area contributed by atoms with E-state index < -0.39 is 6.43 Å². The summed E-state index contributed by atoms with van der Waals surface area (Å²) in [6.45, 7) is 6.43. The summed E-state index contributed by atoms with van der Waals surface area (Å²) in [6.07, 6.45) is -0.175. The minimum absolute atomic E-state index is 0.152. The molecule has 1 aromatic rings. The standard InChI is InChI=1S/C16H23F2N/c1-11(2)8-14-10-19-7-6-15(14)12-4-3-5-13(9-12)16(17)18/h3-5,9,11,14-16,19H,6-8,10H2,1-2H3. The molecule has 1 saturated heterocycles. The summed E-state index contributed by atoms with van der Waals surface area (Å²) in [6, 6.07) is 7.00. The molecule has 0 radical (unpaired) electrons. The zero-order valence-corrected chi connectivity index (χ0v) is 11.7. The maximum atomic E-state index is 12.8. The van der Waals surface area contributed by atoms with Crippen molar-refractivity contribution in [1.29, 1.82) is 0 Å². The quantitative estimate of drug-likeness (QED) is 0.854. The van der Waals surface area contributed by atoms with Gasteiger partial charge in [-0.15, -0.1) is 0 Å². The molecule has 1 aromatic carbocycles. The van der Waals surface area contributed by atoms with Gasteiger partial charge in [-0.2, -0.15) is 0 Å². The normalized spacial score (nSPS) is 24.1. The smallest absolute Gasteiger partial charge is 0.263 e. The van der Waals surface area contributed by atoms with Crippen LogP contribution in [0.1, 0.15) is 50.2 Å². The summed E-state index contributed by atoms with van der Waals surface area (Å²) in [7, 11) is 0. The lowest BCUT2D eigenvalue weighted by atomic mass is 9.77. The molecule has 1 nitrogen and oxygen atoms in total. The van der Waals surface area contributed by atoms with Crippen LogP contribution < -0.4 is 5.32 Å². The number of hydrogen-bond donors (Lipinski definition) is 1. The van der Waals surface area contributed by atoms with Crippen molar-refractivity contribution in [3.63, 3.8) is 0 Å². The molecular formula is C16H23F2N. The lowest BCUT2D eigenvalue weighted by molar-refractivity contribution is 0.151. The highest BCUT2D eigenvalue weighted by molar-refractivity contribution is 5.28. The maximum Gasteiger partial charge on any atom is 0.263 e. The average Bonchev–Trinajstić information content (AvgIpc) is 2.39. The largest absolute Gasteiger partial charge is 0.316 e. The zero-order chi connectivity index (χ0) is 13.8. The third-order valence-corrected chi connectivity index (χ3v) is 3.97. The van der Waals surface area contributed by atoms with Crippen LogP contribution >= 0.6 is 0 Å². The van der Waals surface area contributed by atoms with Crippen molar-refractivity contribution in [3.05, 3.63) is 35.4 Å². The Labute approximate surface area is 114 Å². The van der Waals surface area contributed by atoms with E-state index in [2.05, 4.69) is 19.2 Å². The van der Waals surface area contributed by atoms with E-state index in [1.807, 2.05) is 6.07 Å². The van der Waals surface area contributed by atoms with Crippen molar-refractivity contribution < 1.29 is 8.78 Å². The first-order valence-electron chi connectivity index (χ1n) is 7.16. The monoisotopic (exact) mass is 267 g/mol. The lowest BCUT2D eigenvalue weighted by Gasteiger charge is -2.34. The summed E-state index contributed by atoms with van der Waals surface area (Å²) in [4.78, 5) is 0. The Kier molecular flexibility index (Phi) is 4.92.